The van der Waals surface area contributed by atoms with Gasteiger partial charge in [0, 0.05) is 6.42 Å². The van der Waals surface area contributed by atoms with Gasteiger partial charge in [-0.15, -0.1) is 0 Å². The van der Waals surface area contributed by atoms with E-state index < -0.39 is 86.8 Å². The number of aliphatic hydroxyl groups is 8. The lowest BCUT2D eigenvalue weighted by Gasteiger charge is -2.46. The number of carbonyl (C=O) groups excluding carboxylic acids is 1. The van der Waals surface area contributed by atoms with Gasteiger partial charge in [-0.2, -0.15) is 0 Å². The molecule has 14 nitrogen and oxygen atoms in total. The van der Waals surface area contributed by atoms with Crippen LogP contribution in [0.15, 0.2) is 97.2 Å². The fourth-order valence-corrected chi connectivity index (χ4v) is 8.15. The molecule has 2 aliphatic heterocycles. The van der Waals surface area contributed by atoms with Gasteiger partial charge in [-0.3, -0.25) is 4.79 Å². The summed E-state index contributed by atoms with van der Waals surface area (Å²) in [5.74, 6) is -0.384. The Hall–Kier alpha value is -3.09. The fraction of sp³-hybridized carbons (Fsp3) is 0.702. The van der Waals surface area contributed by atoms with E-state index in [1.807, 2.05) is 18.2 Å². The van der Waals surface area contributed by atoms with Crippen molar-refractivity contribution in [3.05, 3.63) is 97.2 Å². The summed E-state index contributed by atoms with van der Waals surface area (Å²) >= 11 is 0. The van der Waals surface area contributed by atoms with E-state index in [4.69, 9.17) is 18.9 Å². The molecular weight excluding hydrogens is 907 g/mol. The monoisotopic (exact) mass is 1000 g/mol. The minimum atomic E-state index is -1.80. The quantitative estimate of drug-likeness (QED) is 0.0210. The van der Waals surface area contributed by atoms with Gasteiger partial charge in [-0.05, 0) is 70.6 Å². The van der Waals surface area contributed by atoms with Crippen molar-refractivity contribution in [3.63, 3.8) is 0 Å². The highest BCUT2D eigenvalue weighted by molar-refractivity contribution is 5.77. The molecule has 2 rings (SSSR count). The molecular formula is C57H95NO13. The maximum absolute atomic E-state index is 13.1. The number of ether oxygens (including phenoxy) is 4. The molecule has 2 heterocycles. The van der Waals surface area contributed by atoms with Crippen molar-refractivity contribution >= 4 is 5.91 Å². The predicted molar refractivity (Wildman–Crippen MR) is 281 cm³/mol. The Kier molecular flexibility index (Phi) is 38.1. The number of nitrogens with one attached hydrogen (secondary N) is 1. The molecule has 12 unspecified atom stereocenters. The number of carbonyl (C=O) groups is 1. The molecule has 1 amide bonds. The van der Waals surface area contributed by atoms with Gasteiger partial charge in [0.1, 0.15) is 48.8 Å². The molecule has 0 radical (unpaired) electrons. The van der Waals surface area contributed by atoms with Gasteiger partial charge < -0.3 is 65.1 Å². The SMILES string of the molecule is CC/C=C\C/C=C\C/C=C\C/C=C\C/C=C\CC(=O)NC(COC1OC(CO)C(OC2OC(CO)C(O)C(O)C2O)C(O)C1O)C(O)/C=C/CC/C=C/CC/C=C/CCCCCCCCCCCCCC. The molecule has 0 aromatic carbocycles. The third-order valence-corrected chi connectivity index (χ3v) is 12.5. The topological polar surface area (TPSA) is 228 Å². The lowest BCUT2D eigenvalue weighted by Crippen LogP contribution is -2.65. The zero-order valence-electron chi connectivity index (χ0n) is 43.2. The second-order valence-corrected chi connectivity index (χ2v) is 18.6. The Bertz CT molecular complexity index is 1560. The Balaban J connectivity index is 1.88. The minimum Gasteiger partial charge on any atom is -0.394 e. The van der Waals surface area contributed by atoms with Gasteiger partial charge in [0.15, 0.2) is 12.6 Å². The van der Waals surface area contributed by atoms with Crippen LogP contribution in [0.2, 0.25) is 0 Å². The summed E-state index contributed by atoms with van der Waals surface area (Å²) in [6.07, 6.45) is 40.5. The van der Waals surface area contributed by atoms with Gasteiger partial charge in [-0.1, -0.05) is 182 Å². The van der Waals surface area contributed by atoms with Crippen LogP contribution in [0, 0.1) is 0 Å². The average Bonchev–Trinajstić information content (AvgIpc) is 3.37. The van der Waals surface area contributed by atoms with E-state index in [-0.39, 0.29) is 18.9 Å². The summed E-state index contributed by atoms with van der Waals surface area (Å²) < 4.78 is 22.6. The minimum absolute atomic E-state index is 0.0324. The van der Waals surface area contributed by atoms with E-state index in [2.05, 4.69) is 86.0 Å². The van der Waals surface area contributed by atoms with Crippen LogP contribution in [-0.4, -0.2) is 140 Å². The van der Waals surface area contributed by atoms with Crippen LogP contribution >= 0.6 is 0 Å². The molecule has 0 aromatic heterocycles. The molecule has 2 aliphatic rings. The van der Waals surface area contributed by atoms with E-state index in [0.29, 0.717) is 12.8 Å². The third kappa shape index (κ3) is 28.8. The summed E-state index contributed by atoms with van der Waals surface area (Å²) in [7, 11) is 0. The van der Waals surface area contributed by atoms with Crippen LogP contribution in [-0.2, 0) is 23.7 Å². The number of unbranched alkanes of at least 4 members (excludes halogenated alkanes) is 14. The number of amides is 1. The van der Waals surface area contributed by atoms with Crippen molar-refractivity contribution in [3.8, 4) is 0 Å². The second-order valence-electron chi connectivity index (χ2n) is 18.6. The fourth-order valence-electron chi connectivity index (χ4n) is 8.15. The van der Waals surface area contributed by atoms with Crippen LogP contribution in [0.5, 0.6) is 0 Å². The van der Waals surface area contributed by atoms with E-state index in [1.54, 1.807) is 12.2 Å². The Morgan fingerprint density at radius 3 is 1.52 bits per heavy atom. The summed E-state index contributed by atoms with van der Waals surface area (Å²) in [6, 6.07) is -0.998. The normalized spacial score (nSPS) is 26.6. The van der Waals surface area contributed by atoms with Crippen LogP contribution in [0.4, 0.5) is 0 Å². The molecule has 14 heteroatoms. The molecule has 406 valence electrons. The number of hydrogen-bond acceptors (Lipinski definition) is 13. The van der Waals surface area contributed by atoms with Crippen LogP contribution in [0.25, 0.3) is 0 Å². The van der Waals surface area contributed by atoms with E-state index in [0.717, 1.165) is 51.4 Å². The van der Waals surface area contributed by atoms with Crippen LogP contribution < -0.4 is 5.32 Å². The lowest BCUT2D eigenvalue weighted by atomic mass is 9.97. The molecule has 0 saturated carbocycles. The van der Waals surface area contributed by atoms with Crippen molar-refractivity contribution in [1.82, 2.24) is 5.32 Å². The van der Waals surface area contributed by atoms with E-state index in [1.165, 1.54) is 77.0 Å². The van der Waals surface area contributed by atoms with Crippen molar-refractivity contribution < 1.29 is 64.6 Å². The summed E-state index contributed by atoms with van der Waals surface area (Å²) in [5, 5.41) is 86.7. The molecule has 12 atom stereocenters. The van der Waals surface area contributed by atoms with E-state index >= 15 is 0 Å². The van der Waals surface area contributed by atoms with Crippen LogP contribution in [0.3, 0.4) is 0 Å². The summed E-state index contributed by atoms with van der Waals surface area (Å²) in [4.78, 5) is 13.1. The Morgan fingerprint density at radius 1 is 0.521 bits per heavy atom. The summed E-state index contributed by atoms with van der Waals surface area (Å²) in [6.45, 7) is 2.56. The van der Waals surface area contributed by atoms with Gasteiger partial charge >= 0.3 is 0 Å². The molecule has 9 N–H and O–H groups in total. The van der Waals surface area contributed by atoms with Gasteiger partial charge in [0.2, 0.25) is 5.91 Å². The van der Waals surface area contributed by atoms with Crippen molar-refractivity contribution in [2.45, 2.75) is 235 Å². The predicted octanol–water partition coefficient (Wildman–Crippen LogP) is 7.93. The number of rotatable bonds is 40. The van der Waals surface area contributed by atoms with E-state index in [9.17, 15) is 45.6 Å². The standard InChI is InChI=1S/C57H95NO13/c1-3-5-7-9-11-13-15-17-19-20-21-22-23-24-25-27-28-30-32-34-36-38-40-46(61)45(58-49(62)41-39-37-35-33-31-29-26-18-16-14-12-10-8-6-4-2)44-68-56-54(67)52(65)55(48(43-60)70-56)71-57-53(66)51(64)50(63)47(42-59)69-57/h6,8,12,14,18,24-26,30-33,37-40,45-48,50-57,59-61,63-67H,3-5,7,9-11,13,15-17,19-23,27-29,34-36,41-44H2,1-2H3,(H,58,62)/b8-6-,14-12-,25-24+,26-18-,32-30+,33-31-,39-37-,40-38+. The number of hydrogen-bond donors (Lipinski definition) is 9. The van der Waals surface area contributed by atoms with Crippen molar-refractivity contribution in [2.24, 2.45) is 0 Å². The molecule has 2 fully saturated rings. The smallest absolute Gasteiger partial charge is 0.224 e. The lowest BCUT2D eigenvalue weighted by molar-refractivity contribution is -0.359. The number of aliphatic hydroxyl groups excluding tert-OH is 8. The average molecular weight is 1000 g/mol. The van der Waals surface area contributed by atoms with Gasteiger partial charge in [-0.25, -0.2) is 0 Å². The molecule has 0 bridgehead atoms. The molecule has 0 aliphatic carbocycles. The van der Waals surface area contributed by atoms with Gasteiger partial charge in [0.05, 0.1) is 32.0 Å². The first-order chi connectivity index (χ1) is 34.6. The summed E-state index contributed by atoms with van der Waals surface area (Å²) in [5.41, 5.74) is 0. The highest BCUT2D eigenvalue weighted by Crippen LogP contribution is 2.30. The molecule has 0 spiro atoms. The first kappa shape index (κ1) is 64.0. The second kappa shape index (κ2) is 42.3. The Morgan fingerprint density at radius 2 is 0.986 bits per heavy atom. The zero-order valence-corrected chi connectivity index (χ0v) is 43.2. The number of allylic oxidation sites excluding steroid dienone is 14. The van der Waals surface area contributed by atoms with Crippen LogP contribution in [0.1, 0.15) is 162 Å². The molecule has 0 aromatic rings. The Labute approximate surface area is 426 Å². The maximum atomic E-state index is 13.1. The third-order valence-electron chi connectivity index (χ3n) is 12.5. The van der Waals surface area contributed by atoms with Gasteiger partial charge in [0.25, 0.3) is 0 Å². The zero-order chi connectivity index (χ0) is 51.7. The highest BCUT2D eigenvalue weighted by atomic mass is 16.7. The van der Waals surface area contributed by atoms with Crippen molar-refractivity contribution in [1.29, 1.82) is 0 Å². The molecule has 71 heavy (non-hydrogen) atoms. The first-order valence-corrected chi connectivity index (χ1v) is 27.0. The highest BCUT2D eigenvalue weighted by Gasteiger charge is 2.51. The van der Waals surface area contributed by atoms with Crippen molar-refractivity contribution in [2.75, 3.05) is 19.8 Å². The first-order valence-electron chi connectivity index (χ1n) is 27.0. The maximum Gasteiger partial charge on any atom is 0.224 e. The largest absolute Gasteiger partial charge is 0.394 e. The molecule has 2 saturated heterocycles.